The second-order valence-electron chi connectivity index (χ2n) is 5.26. The van der Waals surface area contributed by atoms with Crippen LogP contribution in [0.3, 0.4) is 0 Å². The number of hydrogen-bond donors (Lipinski definition) is 1. The third-order valence-corrected chi connectivity index (χ3v) is 3.81. The van der Waals surface area contributed by atoms with Gasteiger partial charge >= 0.3 is 5.97 Å². The van der Waals surface area contributed by atoms with Crippen molar-refractivity contribution in [2.45, 2.75) is 19.4 Å². The third kappa shape index (κ3) is 3.55. The molecule has 1 aliphatic heterocycles. The molecule has 1 heterocycles. The van der Waals surface area contributed by atoms with E-state index < -0.39 is 11.8 Å². The molecule has 0 aliphatic carbocycles. The summed E-state index contributed by atoms with van der Waals surface area (Å²) in [6.45, 7) is 3.03. The van der Waals surface area contributed by atoms with Gasteiger partial charge in [-0.2, -0.15) is 0 Å². The van der Waals surface area contributed by atoms with Crippen LogP contribution in [0, 0.1) is 11.7 Å². The molecule has 0 amide bonds. The Labute approximate surface area is 118 Å². The summed E-state index contributed by atoms with van der Waals surface area (Å²) in [6.07, 6.45) is 2.07. The zero-order valence-electron chi connectivity index (χ0n) is 11.6. The number of aromatic carboxylic acids is 1. The fourth-order valence-corrected chi connectivity index (χ4v) is 2.65. The van der Waals surface area contributed by atoms with Crippen LogP contribution in [0.15, 0.2) is 18.2 Å². The molecule has 110 valence electrons. The predicted molar refractivity (Wildman–Crippen MR) is 73.2 cm³/mol. The molecule has 1 saturated heterocycles. The van der Waals surface area contributed by atoms with Gasteiger partial charge in [-0.1, -0.05) is 12.1 Å². The van der Waals surface area contributed by atoms with Gasteiger partial charge in [0.2, 0.25) is 0 Å². The number of piperidine rings is 1. The summed E-state index contributed by atoms with van der Waals surface area (Å²) in [5.74, 6) is -1.26. The molecule has 0 unspecified atom stereocenters. The highest BCUT2D eigenvalue weighted by Gasteiger charge is 2.21. The van der Waals surface area contributed by atoms with Crippen molar-refractivity contribution in [3.63, 3.8) is 0 Å². The summed E-state index contributed by atoms with van der Waals surface area (Å²) in [7, 11) is 1.71. The molecule has 0 saturated carbocycles. The Morgan fingerprint density at radius 2 is 2.15 bits per heavy atom. The monoisotopic (exact) mass is 281 g/mol. The van der Waals surface area contributed by atoms with Gasteiger partial charge in [-0.05, 0) is 37.9 Å². The SMILES string of the molecule is COCC1CCN(Cc2cccc(C(=O)O)c2F)CC1. The van der Waals surface area contributed by atoms with E-state index in [1.54, 1.807) is 19.2 Å². The summed E-state index contributed by atoms with van der Waals surface area (Å²) < 4.78 is 19.2. The first-order valence-electron chi connectivity index (χ1n) is 6.83. The smallest absolute Gasteiger partial charge is 0.338 e. The van der Waals surface area contributed by atoms with E-state index in [9.17, 15) is 9.18 Å². The van der Waals surface area contributed by atoms with Gasteiger partial charge in [0.25, 0.3) is 0 Å². The van der Waals surface area contributed by atoms with E-state index in [0.29, 0.717) is 18.0 Å². The van der Waals surface area contributed by atoms with Gasteiger partial charge in [-0.15, -0.1) is 0 Å². The van der Waals surface area contributed by atoms with Crippen LogP contribution in [0.25, 0.3) is 0 Å². The summed E-state index contributed by atoms with van der Waals surface area (Å²) in [6, 6.07) is 4.55. The Hall–Kier alpha value is -1.46. The summed E-state index contributed by atoms with van der Waals surface area (Å²) >= 11 is 0. The van der Waals surface area contributed by atoms with Gasteiger partial charge in [-0.25, -0.2) is 9.18 Å². The molecule has 20 heavy (non-hydrogen) atoms. The minimum Gasteiger partial charge on any atom is -0.478 e. The predicted octanol–water partition coefficient (Wildman–Crippen LogP) is 2.38. The van der Waals surface area contributed by atoms with E-state index in [2.05, 4.69) is 4.90 Å². The molecule has 2 rings (SSSR count). The number of carboxylic acid groups (broad SMARTS) is 1. The average molecular weight is 281 g/mol. The number of methoxy groups -OCH3 is 1. The van der Waals surface area contributed by atoms with Gasteiger partial charge in [0.05, 0.1) is 5.56 Å². The van der Waals surface area contributed by atoms with Gasteiger partial charge in [-0.3, -0.25) is 4.90 Å². The van der Waals surface area contributed by atoms with Gasteiger partial charge in [0, 0.05) is 25.8 Å². The van der Waals surface area contributed by atoms with Crippen molar-refractivity contribution < 1.29 is 19.0 Å². The van der Waals surface area contributed by atoms with Crippen molar-refractivity contribution in [2.24, 2.45) is 5.92 Å². The number of hydrogen-bond acceptors (Lipinski definition) is 3. The Morgan fingerprint density at radius 3 is 2.75 bits per heavy atom. The maximum absolute atomic E-state index is 14.0. The van der Waals surface area contributed by atoms with Crippen molar-refractivity contribution in [1.29, 1.82) is 0 Å². The lowest BCUT2D eigenvalue weighted by Crippen LogP contribution is -2.34. The summed E-state index contributed by atoms with van der Waals surface area (Å²) in [5, 5.41) is 8.92. The molecule has 0 bridgehead atoms. The number of likely N-dealkylation sites (tertiary alicyclic amines) is 1. The van der Waals surface area contributed by atoms with Crippen molar-refractivity contribution in [2.75, 3.05) is 26.8 Å². The Morgan fingerprint density at radius 1 is 1.45 bits per heavy atom. The molecule has 1 aromatic rings. The van der Waals surface area contributed by atoms with E-state index in [1.165, 1.54) is 6.07 Å². The number of benzene rings is 1. The molecule has 0 aromatic heterocycles. The highest BCUT2D eigenvalue weighted by molar-refractivity contribution is 5.88. The number of ether oxygens (including phenoxy) is 1. The molecule has 4 nitrogen and oxygen atoms in total. The van der Waals surface area contributed by atoms with Gasteiger partial charge in [0.15, 0.2) is 0 Å². The number of carbonyl (C=O) groups is 1. The molecular weight excluding hydrogens is 261 g/mol. The zero-order valence-corrected chi connectivity index (χ0v) is 11.6. The highest BCUT2D eigenvalue weighted by Crippen LogP contribution is 2.21. The first kappa shape index (κ1) is 14.9. The quantitative estimate of drug-likeness (QED) is 0.900. The second-order valence-corrected chi connectivity index (χ2v) is 5.26. The largest absolute Gasteiger partial charge is 0.478 e. The normalized spacial score (nSPS) is 17.3. The van der Waals surface area contributed by atoms with Crippen LogP contribution in [0.4, 0.5) is 4.39 Å². The van der Waals surface area contributed by atoms with Crippen LogP contribution in [0.1, 0.15) is 28.8 Å². The Balaban J connectivity index is 1.98. The second kappa shape index (κ2) is 6.81. The molecule has 1 fully saturated rings. The molecule has 5 heteroatoms. The van der Waals surface area contributed by atoms with Crippen molar-refractivity contribution in [1.82, 2.24) is 4.90 Å². The minimum absolute atomic E-state index is 0.253. The summed E-state index contributed by atoms with van der Waals surface area (Å²) in [4.78, 5) is 13.1. The lowest BCUT2D eigenvalue weighted by atomic mass is 9.97. The zero-order chi connectivity index (χ0) is 14.5. The molecule has 1 aromatic carbocycles. The molecule has 1 N–H and O–H groups in total. The molecule has 1 aliphatic rings. The Kier molecular flexibility index (Phi) is 5.09. The van der Waals surface area contributed by atoms with Gasteiger partial charge < -0.3 is 9.84 Å². The highest BCUT2D eigenvalue weighted by atomic mass is 19.1. The van der Waals surface area contributed by atoms with Crippen LogP contribution < -0.4 is 0 Å². The first-order valence-corrected chi connectivity index (χ1v) is 6.83. The minimum atomic E-state index is -1.22. The van der Waals surface area contributed by atoms with E-state index >= 15 is 0 Å². The van der Waals surface area contributed by atoms with Crippen molar-refractivity contribution >= 4 is 5.97 Å². The van der Waals surface area contributed by atoms with Crippen LogP contribution in [-0.2, 0) is 11.3 Å². The van der Waals surface area contributed by atoms with E-state index in [4.69, 9.17) is 9.84 Å². The maximum atomic E-state index is 14.0. The number of nitrogens with zero attached hydrogens (tertiary/aromatic N) is 1. The fraction of sp³-hybridized carbons (Fsp3) is 0.533. The van der Waals surface area contributed by atoms with E-state index in [0.717, 1.165) is 32.5 Å². The van der Waals surface area contributed by atoms with Crippen molar-refractivity contribution in [3.05, 3.63) is 35.1 Å². The molecule has 0 radical (unpaired) electrons. The fourth-order valence-electron chi connectivity index (χ4n) is 2.65. The van der Waals surface area contributed by atoms with Crippen molar-refractivity contribution in [3.8, 4) is 0 Å². The molecule has 0 spiro atoms. The number of carboxylic acids is 1. The maximum Gasteiger partial charge on any atom is 0.338 e. The molecular formula is C15H20FNO3. The lowest BCUT2D eigenvalue weighted by molar-refractivity contribution is 0.0691. The van der Waals surface area contributed by atoms with E-state index in [1.807, 2.05) is 0 Å². The van der Waals surface area contributed by atoms with Crippen LogP contribution >= 0.6 is 0 Å². The third-order valence-electron chi connectivity index (χ3n) is 3.81. The standard InChI is InChI=1S/C15H20FNO3/c1-20-10-11-5-7-17(8-6-11)9-12-3-2-4-13(14(12)16)15(18)19/h2-4,11H,5-10H2,1H3,(H,18,19). The molecule has 0 atom stereocenters. The number of rotatable bonds is 5. The van der Waals surface area contributed by atoms with E-state index in [-0.39, 0.29) is 5.56 Å². The van der Waals surface area contributed by atoms with Gasteiger partial charge in [0.1, 0.15) is 5.82 Å². The van der Waals surface area contributed by atoms with Crippen LogP contribution in [0.2, 0.25) is 0 Å². The topological polar surface area (TPSA) is 49.8 Å². The first-order chi connectivity index (χ1) is 9.61. The number of halogens is 1. The Bertz CT molecular complexity index is 470. The van der Waals surface area contributed by atoms with Crippen LogP contribution in [0.5, 0.6) is 0 Å². The average Bonchev–Trinajstić information content (AvgIpc) is 2.43. The van der Waals surface area contributed by atoms with Crippen LogP contribution in [-0.4, -0.2) is 42.8 Å². The summed E-state index contributed by atoms with van der Waals surface area (Å²) in [5.41, 5.74) is 0.201. The lowest BCUT2D eigenvalue weighted by Gasteiger charge is -2.31.